The highest BCUT2D eigenvalue weighted by Gasteiger charge is 2.26. The summed E-state index contributed by atoms with van der Waals surface area (Å²) in [5, 5.41) is 2.87. The van der Waals surface area contributed by atoms with Crippen molar-refractivity contribution in [1.82, 2.24) is 14.7 Å². The highest BCUT2D eigenvalue weighted by Crippen LogP contribution is 2.35. The van der Waals surface area contributed by atoms with E-state index < -0.39 is 9.84 Å². The number of sulfone groups is 1. The number of fused-ring (bicyclic) bond motifs is 1. The maximum Gasteiger partial charge on any atom is 0.322 e. The zero-order valence-corrected chi connectivity index (χ0v) is 28.8. The number of para-hydroxylation sites is 2. The number of amides is 3. The highest BCUT2D eigenvalue weighted by atomic mass is 32.2. The summed E-state index contributed by atoms with van der Waals surface area (Å²) in [4.78, 5) is 32.4. The third-order valence-electron chi connectivity index (χ3n) is 8.82. The first-order valence-corrected chi connectivity index (χ1v) is 18.1. The van der Waals surface area contributed by atoms with Crippen molar-refractivity contribution >= 4 is 27.5 Å². The second kappa shape index (κ2) is 16.2. The average Bonchev–Trinajstić information content (AvgIpc) is 3.48. The van der Waals surface area contributed by atoms with Crippen LogP contribution in [-0.4, -0.2) is 94.3 Å². The van der Waals surface area contributed by atoms with E-state index >= 15 is 0 Å². The lowest BCUT2D eigenvalue weighted by Gasteiger charge is -2.29. The predicted molar refractivity (Wildman–Crippen MR) is 184 cm³/mol. The number of rotatable bonds is 14. The highest BCUT2D eigenvalue weighted by molar-refractivity contribution is 7.91. The second-order valence-corrected chi connectivity index (χ2v) is 14.2. The Balaban J connectivity index is 1.11. The first kappa shape index (κ1) is 35.0. The van der Waals surface area contributed by atoms with Crippen LogP contribution in [0.1, 0.15) is 45.1 Å². The van der Waals surface area contributed by atoms with Gasteiger partial charge >= 0.3 is 6.03 Å². The van der Waals surface area contributed by atoms with Crippen LogP contribution >= 0.6 is 0 Å². The minimum Gasteiger partial charge on any atom is -0.495 e. The molecule has 1 fully saturated rings. The molecule has 3 amide bonds. The summed E-state index contributed by atoms with van der Waals surface area (Å²) in [6.07, 6.45) is 4.20. The van der Waals surface area contributed by atoms with E-state index in [2.05, 4.69) is 24.1 Å². The Hall–Kier alpha value is -4.29. The van der Waals surface area contributed by atoms with Crippen molar-refractivity contribution in [2.75, 3.05) is 58.5 Å². The molecule has 1 unspecified atom stereocenters. The lowest BCUT2D eigenvalue weighted by atomic mass is 10.1. The summed E-state index contributed by atoms with van der Waals surface area (Å²) < 4.78 is 42.9. The van der Waals surface area contributed by atoms with Gasteiger partial charge in [0.25, 0.3) is 0 Å². The number of ether oxygens (including phenoxy) is 3. The van der Waals surface area contributed by atoms with E-state index in [1.165, 1.54) is 6.07 Å². The number of carbonyl (C=O) groups is 2. The third-order valence-corrected chi connectivity index (χ3v) is 10.6. The molecule has 0 saturated carbocycles. The van der Waals surface area contributed by atoms with Crippen molar-refractivity contribution in [1.29, 1.82) is 0 Å². The first-order chi connectivity index (χ1) is 23.2. The number of unbranched alkanes of at least 4 members (excludes halogenated alkanes) is 1. The molecule has 2 heterocycles. The molecule has 1 N–H and O–H groups in total. The number of nitrogens with zero attached hydrogens (tertiary/aromatic N) is 3. The van der Waals surface area contributed by atoms with Crippen molar-refractivity contribution < 1.29 is 32.2 Å². The molecule has 2 aliphatic rings. The Labute approximate surface area is 283 Å². The number of carbonyl (C=O) groups excluding carboxylic acids is 2. The van der Waals surface area contributed by atoms with E-state index in [1.54, 1.807) is 54.5 Å². The molecule has 3 aromatic rings. The van der Waals surface area contributed by atoms with E-state index in [4.69, 9.17) is 14.2 Å². The Bertz CT molecular complexity index is 1680. The Morgan fingerprint density at radius 3 is 2.58 bits per heavy atom. The predicted octanol–water partition coefficient (Wildman–Crippen LogP) is 5.45. The van der Waals surface area contributed by atoms with Crippen molar-refractivity contribution in [3.05, 3.63) is 72.3 Å². The molecule has 3 aromatic carbocycles. The molecule has 2 aliphatic heterocycles. The maximum atomic E-state index is 13.4. The topological polar surface area (TPSA) is 118 Å². The van der Waals surface area contributed by atoms with E-state index in [-0.39, 0.29) is 41.1 Å². The van der Waals surface area contributed by atoms with Crippen LogP contribution in [-0.2, 0) is 21.1 Å². The van der Waals surface area contributed by atoms with Gasteiger partial charge in [0.05, 0.1) is 22.6 Å². The summed E-state index contributed by atoms with van der Waals surface area (Å²) in [7, 11) is -2.17. The number of benzene rings is 3. The number of anilines is 1. The molecule has 1 atom stereocenters. The molecule has 11 nitrogen and oxygen atoms in total. The van der Waals surface area contributed by atoms with Gasteiger partial charge in [0.1, 0.15) is 12.3 Å². The van der Waals surface area contributed by atoms with E-state index in [9.17, 15) is 18.0 Å². The van der Waals surface area contributed by atoms with Crippen LogP contribution < -0.4 is 19.5 Å². The summed E-state index contributed by atoms with van der Waals surface area (Å²) in [5.41, 5.74) is 1.53. The largest absolute Gasteiger partial charge is 0.495 e. The summed E-state index contributed by atoms with van der Waals surface area (Å²) in [6.45, 7) is 8.04. The van der Waals surface area contributed by atoms with Crippen LogP contribution in [0.25, 0.3) is 0 Å². The zero-order chi connectivity index (χ0) is 34.1. The van der Waals surface area contributed by atoms with Gasteiger partial charge < -0.3 is 34.2 Å². The molecule has 258 valence electrons. The number of hydrogen-bond donors (Lipinski definition) is 1. The van der Waals surface area contributed by atoms with E-state index in [0.29, 0.717) is 55.4 Å². The number of nitrogens with one attached hydrogen (secondary N) is 1. The third kappa shape index (κ3) is 8.59. The molecule has 1 saturated heterocycles. The SMILES string of the molecule is CCCN(CCCCN1CCCN(C(=O)Nc2ccccc2OC)CC1=O)C(C)Cc1cccc(S(=O)(=O)c2ccc3c(c2)OCO3)c1. The number of methoxy groups -OCH3 is 1. The standard InChI is InChI=1S/C36H46N4O7S/c1-4-17-38(27(2)22-28-11-9-12-29(23-28)48(43,44)30-15-16-33-34(24-30)47-26-46-33)18-7-8-19-39-20-10-21-40(25-35(39)41)36(42)37-31-13-5-6-14-32(31)45-3/h5-6,9,11-16,23-24,27H,4,7-8,10,17-22,25-26H2,1-3H3,(H,37,42). The van der Waals surface area contributed by atoms with Gasteiger partial charge in [-0.2, -0.15) is 0 Å². The van der Waals surface area contributed by atoms with E-state index in [0.717, 1.165) is 37.9 Å². The fourth-order valence-electron chi connectivity index (χ4n) is 6.22. The molecule has 0 spiro atoms. The van der Waals surface area contributed by atoms with Crippen LogP contribution in [0.15, 0.2) is 76.5 Å². The van der Waals surface area contributed by atoms with Gasteiger partial charge in [-0.05, 0) is 94.1 Å². The van der Waals surface area contributed by atoms with Gasteiger partial charge in [0.2, 0.25) is 22.5 Å². The van der Waals surface area contributed by atoms with Crippen LogP contribution in [0.3, 0.4) is 0 Å². The Morgan fingerprint density at radius 1 is 0.979 bits per heavy atom. The van der Waals surface area contributed by atoms with Gasteiger partial charge in [-0.1, -0.05) is 31.2 Å². The fourth-order valence-corrected chi connectivity index (χ4v) is 7.56. The first-order valence-electron chi connectivity index (χ1n) is 16.6. The van der Waals surface area contributed by atoms with Gasteiger partial charge in [-0.25, -0.2) is 13.2 Å². The molecule has 48 heavy (non-hydrogen) atoms. The lowest BCUT2D eigenvalue weighted by Crippen LogP contribution is -2.41. The normalized spacial score (nSPS) is 15.4. The maximum absolute atomic E-state index is 13.4. The van der Waals surface area contributed by atoms with Crippen molar-refractivity contribution in [2.45, 2.75) is 61.8 Å². The molecule has 5 rings (SSSR count). The van der Waals surface area contributed by atoms with Gasteiger partial charge in [0, 0.05) is 31.7 Å². The molecule has 12 heteroatoms. The van der Waals surface area contributed by atoms with Crippen LogP contribution in [0.5, 0.6) is 17.2 Å². The Morgan fingerprint density at radius 2 is 1.77 bits per heavy atom. The summed E-state index contributed by atoms with van der Waals surface area (Å²) >= 11 is 0. The molecule has 0 aromatic heterocycles. The van der Waals surface area contributed by atoms with Crippen molar-refractivity contribution in [2.24, 2.45) is 0 Å². The zero-order valence-electron chi connectivity index (χ0n) is 28.0. The lowest BCUT2D eigenvalue weighted by molar-refractivity contribution is -0.130. The minimum absolute atomic E-state index is 0.0444. The molecular weight excluding hydrogens is 632 g/mol. The fraction of sp³-hybridized carbons (Fsp3) is 0.444. The summed E-state index contributed by atoms with van der Waals surface area (Å²) in [5.74, 6) is 1.50. The van der Waals surface area contributed by atoms with Gasteiger partial charge in [-0.15, -0.1) is 0 Å². The molecule has 0 radical (unpaired) electrons. The summed E-state index contributed by atoms with van der Waals surface area (Å²) in [6, 6.07) is 19.0. The monoisotopic (exact) mass is 678 g/mol. The number of urea groups is 1. The van der Waals surface area contributed by atoms with Crippen LogP contribution in [0.4, 0.5) is 10.5 Å². The van der Waals surface area contributed by atoms with Gasteiger partial charge in [-0.3, -0.25) is 4.79 Å². The molecular formula is C36H46N4O7S. The quantitative estimate of drug-likeness (QED) is 0.224. The van der Waals surface area contributed by atoms with Crippen molar-refractivity contribution in [3.8, 4) is 17.2 Å². The minimum atomic E-state index is -3.72. The average molecular weight is 679 g/mol. The molecule has 0 bridgehead atoms. The number of hydrogen-bond acceptors (Lipinski definition) is 8. The van der Waals surface area contributed by atoms with Crippen LogP contribution in [0, 0.1) is 0 Å². The van der Waals surface area contributed by atoms with Crippen LogP contribution in [0.2, 0.25) is 0 Å². The molecule has 0 aliphatic carbocycles. The van der Waals surface area contributed by atoms with E-state index in [1.807, 2.05) is 23.1 Å². The smallest absolute Gasteiger partial charge is 0.322 e. The van der Waals surface area contributed by atoms with Crippen molar-refractivity contribution in [3.63, 3.8) is 0 Å². The Kier molecular flexibility index (Phi) is 11.8. The second-order valence-electron chi connectivity index (χ2n) is 12.2. The van der Waals surface area contributed by atoms with Gasteiger partial charge in [0.15, 0.2) is 11.5 Å².